The first kappa shape index (κ1) is 16.0. The molecule has 0 aromatic carbocycles. The fourth-order valence-corrected chi connectivity index (χ4v) is 2.46. The first-order valence-corrected chi connectivity index (χ1v) is 7.35. The van der Waals surface area contributed by atoms with Crippen molar-refractivity contribution in [2.24, 2.45) is 0 Å². The Balaban J connectivity index is 2.32. The van der Waals surface area contributed by atoms with Crippen LogP contribution in [0.2, 0.25) is 5.02 Å². The molecule has 2 aromatic heterocycles. The van der Waals surface area contributed by atoms with Crippen LogP contribution in [-0.2, 0) is 6.54 Å². The molecular weight excluding hydrogens is 290 g/mol. The standard InChI is InChI=1S/C14H22ClN5O/c1-10(2)19-9-16-8-12(19)14(21)13-11(15)7-17-20(13)6-5-18(3)4/h7-10,14,21H,5-6H2,1-4H3. The molecule has 1 unspecified atom stereocenters. The number of aromatic nitrogens is 4. The molecule has 7 heteroatoms. The van der Waals surface area contributed by atoms with E-state index in [2.05, 4.69) is 15.0 Å². The summed E-state index contributed by atoms with van der Waals surface area (Å²) in [5, 5.41) is 15.4. The monoisotopic (exact) mass is 311 g/mol. The van der Waals surface area contributed by atoms with Gasteiger partial charge in [0.2, 0.25) is 0 Å². The summed E-state index contributed by atoms with van der Waals surface area (Å²) in [6.07, 6.45) is 4.13. The third kappa shape index (κ3) is 3.45. The minimum Gasteiger partial charge on any atom is -0.380 e. The molecule has 0 spiro atoms. The summed E-state index contributed by atoms with van der Waals surface area (Å²) in [6, 6.07) is 0.217. The molecule has 21 heavy (non-hydrogen) atoms. The van der Waals surface area contributed by atoms with Crippen LogP contribution in [0.5, 0.6) is 0 Å². The maximum absolute atomic E-state index is 10.7. The molecular formula is C14H22ClN5O. The molecule has 0 amide bonds. The van der Waals surface area contributed by atoms with E-state index >= 15 is 0 Å². The van der Waals surface area contributed by atoms with Gasteiger partial charge in [0.25, 0.3) is 0 Å². The van der Waals surface area contributed by atoms with E-state index in [1.54, 1.807) is 23.4 Å². The van der Waals surface area contributed by atoms with Gasteiger partial charge in [0.05, 0.1) is 41.7 Å². The van der Waals surface area contributed by atoms with Crippen molar-refractivity contribution in [3.8, 4) is 0 Å². The summed E-state index contributed by atoms with van der Waals surface area (Å²) in [6.45, 7) is 5.58. The quantitative estimate of drug-likeness (QED) is 0.886. The van der Waals surface area contributed by atoms with Crippen LogP contribution in [0, 0.1) is 0 Å². The Morgan fingerprint density at radius 1 is 1.33 bits per heavy atom. The highest BCUT2D eigenvalue weighted by Gasteiger charge is 2.23. The second-order valence-electron chi connectivity index (χ2n) is 5.63. The Morgan fingerprint density at radius 2 is 2.05 bits per heavy atom. The number of rotatable bonds is 6. The van der Waals surface area contributed by atoms with E-state index in [4.69, 9.17) is 11.6 Å². The molecule has 2 aromatic rings. The largest absolute Gasteiger partial charge is 0.380 e. The third-order valence-corrected chi connectivity index (χ3v) is 3.67. The van der Waals surface area contributed by atoms with Gasteiger partial charge in [0.15, 0.2) is 0 Å². The van der Waals surface area contributed by atoms with E-state index in [1.165, 1.54) is 0 Å². The third-order valence-electron chi connectivity index (χ3n) is 3.38. The lowest BCUT2D eigenvalue weighted by Crippen LogP contribution is -2.22. The number of hydrogen-bond donors (Lipinski definition) is 1. The second kappa shape index (κ2) is 6.60. The predicted octanol–water partition coefficient (Wildman–Crippen LogP) is 1.96. The summed E-state index contributed by atoms with van der Waals surface area (Å²) in [5.41, 5.74) is 1.33. The lowest BCUT2D eigenvalue weighted by Gasteiger charge is -2.19. The first-order chi connectivity index (χ1) is 9.91. The number of likely N-dealkylation sites (N-methyl/N-ethyl adjacent to an activating group) is 1. The molecule has 2 heterocycles. The Kier molecular flexibility index (Phi) is 5.03. The molecule has 0 aliphatic rings. The summed E-state index contributed by atoms with van der Waals surface area (Å²) in [7, 11) is 3.99. The normalized spacial score (nSPS) is 13.3. The average molecular weight is 312 g/mol. The molecule has 0 aliphatic carbocycles. The average Bonchev–Trinajstić information content (AvgIpc) is 3.02. The van der Waals surface area contributed by atoms with Gasteiger partial charge >= 0.3 is 0 Å². The highest BCUT2D eigenvalue weighted by molar-refractivity contribution is 6.31. The van der Waals surface area contributed by atoms with Gasteiger partial charge in [-0.05, 0) is 27.9 Å². The molecule has 116 valence electrons. The Labute approximate surface area is 130 Å². The van der Waals surface area contributed by atoms with Crippen molar-refractivity contribution in [3.05, 3.63) is 35.1 Å². The fourth-order valence-electron chi connectivity index (χ4n) is 2.21. The van der Waals surface area contributed by atoms with Crippen LogP contribution in [-0.4, -0.2) is 50.0 Å². The predicted molar refractivity (Wildman–Crippen MR) is 82.5 cm³/mol. The van der Waals surface area contributed by atoms with Crippen molar-refractivity contribution in [2.45, 2.75) is 32.5 Å². The van der Waals surface area contributed by atoms with Crippen molar-refractivity contribution in [2.75, 3.05) is 20.6 Å². The summed E-state index contributed by atoms with van der Waals surface area (Å²) in [4.78, 5) is 6.19. The highest BCUT2D eigenvalue weighted by Crippen LogP contribution is 2.29. The van der Waals surface area contributed by atoms with E-state index in [0.29, 0.717) is 17.3 Å². The van der Waals surface area contributed by atoms with Crippen molar-refractivity contribution in [1.82, 2.24) is 24.2 Å². The van der Waals surface area contributed by atoms with Crippen LogP contribution in [0.1, 0.15) is 37.4 Å². The topological polar surface area (TPSA) is 59.1 Å². The molecule has 2 rings (SSSR count). The van der Waals surface area contributed by atoms with Crippen LogP contribution in [0.15, 0.2) is 18.7 Å². The smallest absolute Gasteiger partial charge is 0.139 e. The molecule has 0 saturated heterocycles. The van der Waals surface area contributed by atoms with Crippen LogP contribution < -0.4 is 0 Å². The first-order valence-electron chi connectivity index (χ1n) is 6.97. The Hall–Kier alpha value is -1.37. The van der Waals surface area contributed by atoms with E-state index in [-0.39, 0.29) is 6.04 Å². The molecule has 6 nitrogen and oxygen atoms in total. The van der Waals surface area contributed by atoms with Crippen molar-refractivity contribution in [1.29, 1.82) is 0 Å². The summed E-state index contributed by atoms with van der Waals surface area (Å²) < 4.78 is 3.69. The number of nitrogens with zero attached hydrogens (tertiary/aromatic N) is 5. The molecule has 0 radical (unpaired) electrons. The van der Waals surface area contributed by atoms with Gasteiger partial charge < -0.3 is 14.6 Å². The molecule has 0 bridgehead atoms. The Bertz CT molecular complexity index is 590. The summed E-state index contributed by atoms with van der Waals surface area (Å²) in [5.74, 6) is 0. The number of aliphatic hydroxyl groups is 1. The Morgan fingerprint density at radius 3 is 2.67 bits per heavy atom. The molecule has 1 atom stereocenters. The zero-order valence-electron chi connectivity index (χ0n) is 12.9. The molecule has 0 fully saturated rings. The number of aliphatic hydroxyl groups excluding tert-OH is 1. The SMILES string of the molecule is CC(C)n1cncc1C(O)c1c(Cl)cnn1CCN(C)C. The van der Waals surface area contributed by atoms with Gasteiger partial charge in [-0.2, -0.15) is 5.10 Å². The molecule has 1 N–H and O–H groups in total. The van der Waals surface area contributed by atoms with E-state index in [0.717, 1.165) is 12.2 Å². The van der Waals surface area contributed by atoms with Gasteiger partial charge in [0, 0.05) is 12.6 Å². The fraction of sp³-hybridized carbons (Fsp3) is 0.571. The van der Waals surface area contributed by atoms with Crippen LogP contribution in [0.25, 0.3) is 0 Å². The minimum atomic E-state index is -0.841. The molecule has 0 aliphatic heterocycles. The van der Waals surface area contributed by atoms with Crippen molar-refractivity contribution in [3.63, 3.8) is 0 Å². The van der Waals surface area contributed by atoms with Crippen molar-refractivity contribution < 1.29 is 5.11 Å². The summed E-state index contributed by atoms with van der Waals surface area (Å²) >= 11 is 6.22. The minimum absolute atomic E-state index is 0.217. The van der Waals surface area contributed by atoms with Crippen molar-refractivity contribution >= 4 is 11.6 Å². The number of halogens is 1. The van der Waals surface area contributed by atoms with Gasteiger partial charge in [-0.1, -0.05) is 11.6 Å². The maximum atomic E-state index is 10.7. The lowest BCUT2D eigenvalue weighted by atomic mass is 10.2. The van der Waals surface area contributed by atoms with Gasteiger partial charge in [-0.15, -0.1) is 0 Å². The van der Waals surface area contributed by atoms with Crippen LogP contribution >= 0.6 is 11.6 Å². The van der Waals surface area contributed by atoms with E-state index in [9.17, 15) is 5.11 Å². The van der Waals surface area contributed by atoms with Gasteiger partial charge in [0.1, 0.15) is 6.10 Å². The van der Waals surface area contributed by atoms with Crippen LogP contribution in [0.3, 0.4) is 0 Å². The zero-order valence-corrected chi connectivity index (χ0v) is 13.6. The number of imidazole rings is 1. The molecule has 0 saturated carbocycles. The number of hydrogen-bond acceptors (Lipinski definition) is 4. The second-order valence-corrected chi connectivity index (χ2v) is 6.03. The lowest BCUT2D eigenvalue weighted by molar-refractivity contribution is 0.194. The van der Waals surface area contributed by atoms with Crippen LogP contribution in [0.4, 0.5) is 0 Å². The van der Waals surface area contributed by atoms with Gasteiger partial charge in [-0.25, -0.2) is 4.98 Å². The van der Waals surface area contributed by atoms with Gasteiger partial charge in [-0.3, -0.25) is 4.68 Å². The maximum Gasteiger partial charge on any atom is 0.139 e. The van der Waals surface area contributed by atoms with E-state index < -0.39 is 6.10 Å². The van der Waals surface area contributed by atoms with E-state index in [1.807, 2.05) is 32.5 Å². The zero-order chi connectivity index (χ0) is 15.6. The highest BCUT2D eigenvalue weighted by atomic mass is 35.5.